The highest BCUT2D eigenvalue weighted by atomic mass is 16.5. The molecule has 0 aromatic rings. The normalized spacial score (nSPS) is 12.0. The van der Waals surface area contributed by atoms with Crippen molar-refractivity contribution in [2.45, 2.75) is 52.1 Å². The van der Waals surface area contributed by atoms with Crippen molar-refractivity contribution < 1.29 is 4.74 Å². The summed E-state index contributed by atoms with van der Waals surface area (Å²) in [6, 6.07) is 0. The fraction of sp³-hybridized carbons (Fsp3) is 1.00. The van der Waals surface area contributed by atoms with E-state index in [0.29, 0.717) is 0 Å². The SMILES string of the molecule is CCCC(CC)(CC)OC. The van der Waals surface area contributed by atoms with Crippen LogP contribution in [0.4, 0.5) is 0 Å². The van der Waals surface area contributed by atoms with Crippen molar-refractivity contribution in [3.63, 3.8) is 0 Å². The van der Waals surface area contributed by atoms with Crippen molar-refractivity contribution in [2.75, 3.05) is 7.11 Å². The van der Waals surface area contributed by atoms with E-state index in [4.69, 9.17) is 4.74 Å². The summed E-state index contributed by atoms with van der Waals surface area (Å²) in [5.41, 5.74) is 0.175. The summed E-state index contributed by atoms with van der Waals surface area (Å²) in [6.07, 6.45) is 4.67. The Labute approximate surface area is 64.8 Å². The van der Waals surface area contributed by atoms with Gasteiger partial charge in [-0.2, -0.15) is 0 Å². The summed E-state index contributed by atoms with van der Waals surface area (Å²) in [5.74, 6) is 0. The van der Waals surface area contributed by atoms with Crippen LogP contribution in [0.25, 0.3) is 0 Å². The van der Waals surface area contributed by atoms with E-state index in [0.717, 1.165) is 12.8 Å². The monoisotopic (exact) mass is 144 g/mol. The van der Waals surface area contributed by atoms with Gasteiger partial charge >= 0.3 is 0 Å². The second kappa shape index (κ2) is 4.73. The minimum Gasteiger partial charge on any atom is -0.378 e. The summed E-state index contributed by atoms with van der Waals surface area (Å²) >= 11 is 0. The molecule has 0 atom stereocenters. The molecule has 0 saturated heterocycles. The van der Waals surface area contributed by atoms with Gasteiger partial charge in [-0.25, -0.2) is 0 Å². The topological polar surface area (TPSA) is 9.23 Å². The minimum atomic E-state index is 0.175. The van der Waals surface area contributed by atoms with Gasteiger partial charge in [0, 0.05) is 7.11 Å². The third-order valence-corrected chi connectivity index (χ3v) is 2.43. The third-order valence-electron chi connectivity index (χ3n) is 2.43. The molecule has 0 aromatic carbocycles. The molecule has 0 heterocycles. The van der Waals surface area contributed by atoms with Crippen LogP contribution in [0.2, 0.25) is 0 Å². The van der Waals surface area contributed by atoms with Gasteiger partial charge in [-0.1, -0.05) is 27.2 Å². The molecule has 1 heteroatoms. The molecule has 1 nitrogen and oxygen atoms in total. The van der Waals surface area contributed by atoms with E-state index in [9.17, 15) is 0 Å². The molecule has 0 fully saturated rings. The molecule has 0 amide bonds. The largest absolute Gasteiger partial charge is 0.378 e. The molecular weight excluding hydrogens is 124 g/mol. The predicted molar refractivity (Wildman–Crippen MR) is 45.2 cm³/mol. The van der Waals surface area contributed by atoms with E-state index >= 15 is 0 Å². The Hall–Kier alpha value is -0.0400. The highest BCUT2D eigenvalue weighted by Crippen LogP contribution is 2.24. The summed E-state index contributed by atoms with van der Waals surface area (Å²) in [5, 5.41) is 0. The summed E-state index contributed by atoms with van der Waals surface area (Å²) in [4.78, 5) is 0. The van der Waals surface area contributed by atoms with Crippen molar-refractivity contribution in [1.29, 1.82) is 0 Å². The maximum Gasteiger partial charge on any atom is 0.0673 e. The lowest BCUT2D eigenvalue weighted by molar-refractivity contribution is -0.0241. The van der Waals surface area contributed by atoms with Gasteiger partial charge in [0.05, 0.1) is 5.60 Å². The number of hydrogen-bond donors (Lipinski definition) is 0. The molecule has 0 aliphatic heterocycles. The van der Waals surface area contributed by atoms with Gasteiger partial charge < -0.3 is 4.74 Å². The molecule has 10 heavy (non-hydrogen) atoms. The first kappa shape index (κ1) is 9.96. The van der Waals surface area contributed by atoms with Crippen LogP contribution < -0.4 is 0 Å². The first-order valence-electron chi connectivity index (χ1n) is 4.29. The van der Waals surface area contributed by atoms with Crippen LogP contribution in [-0.4, -0.2) is 12.7 Å². The molecule has 0 spiro atoms. The van der Waals surface area contributed by atoms with Gasteiger partial charge in [0.2, 0.25) is 0 Å². The number of hydrogen-bond acceptors (Lipinski definition) is 1. The number of rotatable bonds is 5. The van der Waals surface area contributed by atoms with E-state index in [-0.39, 0.29) is 5.60 Å². The van der Waals surface area contributed by atoms with Gasteiger partial charge in [-0.15, -0.1) is 0 Å². The Balaban J connectivity index is 3.87. The lowest BCUT2D eigenvalue weighted by Crippen LogP contribution is -2.29. The van der Waals surface area contributed by atoms with Crippen molar-refractivity contribution in [3.8, 4) is 0 Å². The first-order chi connectivity index (χ1) is 4.74. The first-order valence-corrected chi connectivity index (χ1v) is 4.29. The summed E-state index contributed by atoms with van der Waals surface area (Å²) < 4.78 is 5.48. The zero-order valence-corrected chi connectivity index (χ0v) is 7.74. The second-order valence-electron chi connectivity index (χ2n) is 2.84. The van der Waals surface area contributed by atoms with Crippen molar-refractivity contribution in [3.05, 3.63) is 0 Å². The zero-order valence-electron chi connectivity index (χ0n) is 7.74. The van der Waals surface area contributed by atoms with Crippen LogP contribution in [0.5, 0.6) is 0 Å². The smallest absolute Gasteiger partial charge is 0.0673 e. The van der Waals surface area contributed by atoms with Gasteiger partial charge in [0.25, 0.3) is 0 Å². The zero-order chi connectivity index (χ0) is 8.04. The predicted octanol–water partition coefficient (Wildman–Crippen LogP) is 2.99. The standard InChI is InChI=1S/C9H20O/c1-5-8-9(6-2,7-3)10-4/h5-8H2,1-4H3. The highest BCUT2D eigenvalue weighted by molar-refractivity contribution is 4.75. The number of ether oxygens (including phenoxy) is 1. The molecule has 0 unspecified atom stereocenters. The lowest BCUT2D eigenvalue weighted by Gasteiger charge is -2.29. The second-order valence-corrected chi connectivity index (χ2v) is 2.84. The van der Waals surface area contributed by atoms with E-state index in [1.165, 1.54) is 12.8 Å². The Bertz CT molecular complexity index is 66.5. The molecule has 0 N–H and O–H groups in total. The molecule has 0 saturated carbocycles. The van der Waals surface area contributed by atoms with Gasteiger partial charge in [-0.3, -0.25) is 0 Å². The van der Waals surface area contributed by atoms with Gasteiger partial charge in [0.15, 0.2) is 0 Å². The maximum absolute atomic E-state index is 5.48. The Morgan fingerprint density at radius 3 is 1.70 bits per heavy atom. The molecule has 0 bridgehead atoms. The van der Waals surface area contributed by atoms with Crippen LogP contribution >= 0.6 is 0 Å². The van der Waals surface area contributed by atoms with E-state index in [1.54, 1.807) is 0 Å². The van der Waals surface area contributed by atoms with E-state index < -0.39 is 0 Å². The van der Waals surface area contributed by atoms with Gasteiger partial charge in [-0.05, 0) is 19.3 Å². The molecule has 62 valence electrons. The molecule has 0 aliphatic carbocycles. The van der Waals surface area contributed by atoms with E-state index in [1.807, 2.05) is 7.11 Å². The van der Waals surface area contributed by atoms with Crippen LogP contribution in [0.15, 0.2) is 0 Å². The van der Waals surface area contributed by atoms with Crippen LogP contribution in [0.1, 0.15) is 46.5 Å². The molecule has 0 aliphatic rings. The van der Waals surface area contributed by atoms with Gasteiger partial charge in [0.1, 0.15) is 0 Å². The molecule has 0 radical (unpaired) electrons. The maximum atomic E-state index is 5.48. The van der Waals surface area contributed by atoms with Crippen molar-refractivity contribution in [1.82, 2.24) is 0 Å². The van der Waals surface area contributed by atoms with Crippen LogP contribution in [0.3, 0.4) is 0 Å². The lowest BCUT2D eigenvalue weighted by atomic mass is 9.92. The highest BCUT2D eigenvalue weighted by Gasteiger charge is 2.23. The summed E-state index contributed by atoms with van der Waals surface area (Å²) in [6.45, 7) is 6.60. The molecule has 0 rings (SSSR count). The minimum absolute atomic E-state index is 0.175. The Morgan fingerprint density at radius 2 is 1.60 bits per heavy atom. The van der Waals surface area contributed by atoms with Crippen LogP contribution in [-0.2, 0) is 4.74 Å². The quantitative estimate of drug-likeness (QED) is 0.576. The fourth-order valence-electron chi connectivity index (χ4n) is 1.45. The third kappa shape index (κ3) is 2.30. The average Bonchev–Trinajstić information content (AvgIpc) is 2.01. The van der Waals surface area contributed by atoms with Crippen molar-refractivity contribution in [2.24, 2.45) is 0 Å². The summed E-state index contributed by atoms with van der Waals surface area (Å²) in [7, 11) is 1.82. The van der Waals surface area contributed by atoms with Crippen molar-refractivity contribution >= 4 is 0 Å². The molecular formula is C9H20O. The average molecular weight is 144 g/mol. The Morgan fingerprint density at radius 1 is 1.10 bits per heavy atom. The Kier molecular flexibility index (Phi) is 4.71. The molecule has 0 aromatic heterocycles. The fourth-order valence-corrected chi connectivity index (χ4v) is 1.45. The van der Waals surface area contributed by atoms with E-state index in [2.05, 4.69) is 20.8 Å². The van der Waals surface area contributed by atoms with Crippen LogP contribution in [0, 0.1) is 0 Å². The number of methoxy groups -OCH3 is 1.